The molecule has 0 fully saturated rings. The van der Waals surface area contributed by atoms with Crippen LogP contribution in [0.2, 0.25) is 0 Å². The number of nitrogens with zero attached hydrogens (tertiary/aromatic N) is 2. The molecule has 1 aromatic carbocycles. The van der Waals surface area contributed by atoms with E-state index in [-0.39, 0.29) is 18.5 Å². The molecule has 0 saturated carbocycles. The highest BCUT2D eigenvalue weighted by Crippen LogP contribution is 2.53. The van der Waals surface area contributed by atoms with Gasteiger partial charge < -0.3 is 9.64 Å². The van der Waals surface area contributed by atoms with Gasteiger partial charge in [-0.2, -0.15) is 0 Å². The number of terminal acetylenes is 1. The molecule has 3 aliphatic rings. The third-order valence-corrected chi connectivity index (χ3v) is 4.99. The quantitative estimate of drug-likeness (QED) is 0.611. The topological polar surface area (TPSA) is 49.9 Å². The minimum atomic E-state index is -1.15. The summed E-state index contributed by atoms with van der Waals surface area (Å²) in [6, 6.07) is 7.14. The van der Waals surface area contributed by atoms with Crippen LogP contribution in [0.4, 0.5) is 5.69 Å². The number of anilines is 1. The van der Waals surface area contributed by atoms with Gasteiger partial charge in [0, 0.05) is 18.1 Å². The van der Waals surface area contributed by atoms with Crippen molar-refractivity contribution in [2.75, 3.05) is 18.6 Å². The van der Waals surface area contributed by atoms with E-state index in [1.54, 1.807) is 11.1 Å². The first-order valence-corrected chi connectivity index (χ1v) is 7.94. The molecule has 124 valence electrons. The Kier molecular flexibility index (Phi) is 3.29. The van der Waals surface area contributed by atoms with Gasteiger partial charge in [-0.1, -0.05) is 36.3 Å². The first-order chi connectivity index (χ1) is 12.2. The number of ether oxygens (including phenoxy) is 1. The maximum absolute atomic E-state index is 13.6. The Labute approximate surface area is 145 Å². The minimum Gasteiger partial charge on any atom is -0.466 e. The van der Waals surface area contributed by atoms with Crippen LogP contribution in [-0.2, 0) is 19.7 Å². The standard InChI is InChI=1S/C20H16N2O3/c1-3-11-22-16-9-5-4-8-14(16)20(19(22)24)15(18(23)25-2)13-21-12-7-6-10-17(20)21/h1,4-10,12-13,17H,11H2,2H3/t17?,20-/m1/s1. The highest BCUT2D eigenvalue weighted by Gasteiger charge is 2.63. The predicted molar refractivity (Wildman–Crippen MR) is 93.3 cm³/mol. The monoisotopic (exact) mass is 332 g/mol. The molecule has 0 N–H and O–H groups in total. The Bertz CT molecular complexity index is 906. The molecule has 1 unspecified atom stereocenters. The third kappa shape index (κ3) is 1.79. The molecule has 0 bridgehead atoms. The summed E-state index contributed by atoms with van der Waals surface area (Å²) in [6.45, 7) is 0.151. The molecule has 1 amide bonds. The van der Waals surface area contributed by atoms with Crippen molar-refractivity contribution >= 4 is 17.6 Å². The number of esters is 1. The van der Waals surface area contributed by atoms with Crippen LogP contribution in [0.15, 0.2) is 60.5 Å². The fourth-order valence-corrected chi connectivity index (χ4v) is 4.01. The number of allylic oxidation sites excluding steroid dienone is 2. The lowest BCUT2D eigenvalue weighted by molar-refractivity contribution is -0.138. The van der Waals surface area contributed by atoms with E-state index in [1.165, 1.54) is 7.11 Å². The summed E-state index contributed by atoms with van der Waals surface area (Å²) in [4.78, 5) is 29.6. The van der Waals surface area contributed by atoms with E-state index >= 15 is 0 Å². The number of para-hydroxylation sites is 1. The minimum absolute atomic E-state index is 0.151. The van der Waals surface area contributed by atoms with Crippen molar-refractivity contribution in [3.8, 4) is 12.3 Å². The van der Waals surface area contributed by atoms with Crippen molar-refractivity contribution in [2.45, 2.75) is 11.5 Å². The molecule has 5 nitrogen and oxygen atoms in total. The summed E-state index contributed by atoms with van der Waals surface area (Å²) in [5.41, 5.74) is 0.694. The Morgan fingerprint density at radius 2 is 2.16 bits per heavy atom. The van der Waals surface area contributed by atoms with Crippen molar-refractivity contribution in [3.05, 3.63) is 66.0 Å². The van der Waals surface area contributed by atoms with Gasteiger partial charge in [-0.3, -0.25) is 9.69 Å². The molecule has 0 radical (unpaired) electrons. The summed E-state index contributed by atoms with van der Waals surface area (Å²) in [5, 5.41) is 0. The SMILES string of the molecule is C#CCN1C(=O)[C@@]2(C(C(=O)OC)=CN3C=CC=CC32)c2ccccc21. The van der Waals surface area contributed by atoms with Crippen molar-refractivity contribution in [2.24, 2.45) is 0 Å². The Hall–Kier alpha value is -3.26. The van der Waals surface area contributed by atoms with E-state index < -0.39 is 11.4 Å². The van der Waals surface area contributed by atoms with Crippen molar-refractivity contribution in [1.29, 1.82) is 0 Å². The smallest absolute Gasteiger partial charge is 0.336 e. The van der Waals surface area contributed by atoms with Gasteiger partial charge in [0.05, 0.1) is 25.3 Å². The summed E-state index contributed by atoms with van der Waals surface area (Å²) in [5.74, 6) is 1.83. The van der Waals surface area contributed by atoms with E-state index in [9.17, 15) is 9.59 Å². The first kappa shape index (κ1) is 15.3. The van der Waals surface area contributed by atoms with E-state index in [0.29, 0.717) is 5.57 Å². The molecule has 3 heterocycles. The number of hydrogen-bond acceptors (Lipinski definition) is 4. The third-order valence-electron chi connectivity index (χ3n) is 4.99. The number of carbonyl (C=O) groups excluding carboxylic acids is 2. The molecule has 1 aromatic rings. The molecule has 2 atom stereocenters. The van der Waals surface area contributed by atoms with Crippen LogP contribution in [0, 0.1) is 12.3 Å². The number of fused-ring (bicyclic) bond motifs is 4. The number of rotatable bonds is 2. The molecule has 4 rings (SSSR count). The van der Waals surface area contributed by atoms with Crippen molar-refractivity contribution in [1.82, 2.24) is 4.90 Å². The summed E-state index contributed by atoms with van der Waals surface area (Å²) < 4.78 is 4.99. The van der Waals surface area contributed by atoms with Crippen LogP contribution in [0.1, 0.15) is 5.56 Å². The van der Waals surface area contributed by atoms with Gasteiger partial charge in [0.15, 0.2) is 0 Å². The van der Waals surface area contributed by atoms with Crippen LogP contribution < -0.4 is 4.90 Å². The molecule has 0 aliphatic carbocycles. The molecule has 5 heteroatoms. The van der Waals surface area contributed by atoms with Crippen LogP contribution in [-0.4, -0.2) is 36.5 Å². The molecular weight excluding hydrogens is 316 g/mol. The Balaban J connectivity index is 2.00. The van der Waals surface area contributed by atoms with E-state index in [1.807, 2.05) is 53.6 Å². The fourth-order valence-electron chi connectivity index (χ4n) is 4.01. The highest BCUT2D eigenvalue weighted by molar-refractivity contribution is 6.17. The van der Waals surface area contributed by atoms with Gasteiger partial charge in [0.1, 0.15) is 5.41 Å². The second-order valence-corrected chi connectivity index (χ2v) is 6.07. The fraction of sp³-hybridized carbons (Fsp3) is 0.200. The maximum Gasteiger partial charge on any atom is 0.336 e. The molecule has 25 heavy (non-hydrogen) atoms. The molecular formula is C20H16N2O3. The Morgan fingerprint density at radius 1 is 1.36 bits per heavy atom. The highest BCUT2D eigenvalue weighted by atomic mass is 16.5. The second-order valence-electron chi connectivity index (χ2n) is 6.07. The van der Waals surface area contributed by atoms with Gasteiger partial charge in [-0.25, -0.2) is 4.79 Å². The zero-order valence-corrected chi connectivity index (χ0v) is 13.7. The van der Waals surface area contributed by atoms with Crippen molar-refractivity contribution < 1.29 is 14.3 Å². The number of methoxy groups -OCH3 is 1. The molecule has 3 aliphatic heterocycles. The lowest BCUT2D eigenvalue weighted by Crippen LogP contribution is -2.51. The van der Waals surface area contributed by atoms with Crippen LogP contribution in [0.3, 0.4) is 0 Å². The first-order valence-electron chi connectivity index (χ1n) is 7.94. The van der Waals surface area contributed by atoms with Crippen LogP contribution in [0.25, 0.3) is 0 Å². The van der Waals surface area contributed by atoms with Gasteiger partial charge in [0.2, 0.25) is 5.91 Å². The van der Waals surface area contributed by atoms with Gasteiger partial charge in [-0.05, 0) is 17.7 Å². The van der Waals surface area contributed by atoms with E-state index in [0.717, 1.165) is 11.3 Å². The second kappa shape index (κ2) is 5.38. The number of carbonyl (C=O) groups is 2. The lowest BCUT2D eigenvalue weighted by atomic mass is 9.71. The van der Waals surface area contributed by atoms with E-state index in [2.05, 4.69) is 5.92 Å². The largest absolute Gasteiger partial charge is 0.466 e. The normalized spacial score (nSPS) is 25.7. The zero-order valence-electron chi connectivity index (χ0n) is 13.7. The Morgan fingerprint density at radius 3 is 2.92 bits per heavy atom. The molecule has 0 aromatic heterocycles. The van der Waals surface area contributed by atoms with Gasteiger partial charge >= 0.3 is 5.97 Å². The van der Waals surface area contributed by atoms with Gasteiger partial charge in [-0.15, -0.1) is 6.42 Å². The van der Waals surface area contributed by atoms with E-state index in [4.69, 9.17) is 11.2 Å². The van der Waals surface area contributed by atoms with Crippen LogP contribution >= 0.6 is 0 Å². The van der Waals surface area contributed by atoms with Crippen LogP contribution in [0.5, 0.6) is 0 Å². The average Bonchev–Trinajstić information content (AvgIpc) is 3.12. The number of hydrogen-bond donors (Lipinski definition) is 0. The number of benzene rings is 1. The number of amides is 1. The molecule has 0 saturated heterocycles. The summed E-state index contributed by atoms with van der Waals surface area (Å²) in [7, 11) is 1.32. The van der Waals surface area contributed by atoms with Gasteiger partial charge in [0.25, 0.3) is 0 Å². The average molecular weight is 332 g/mol. The van der Waals surface area contributed by atoms with Crippen molar-refractivity contribution in [3.63, 3.8) is 0 Å². The summed E-state index contributed by atoms with van der Waals surface area (Å²) >= 11 is 0. The summed E-state index contributed by atoms with van der Waals surface area (Å²) in [6.07, 6.45) is 14.7. The zero-order chi connectivity index (χ0) is 17.6. The molecule has 1 spiro atoms. The maximum atomic E-state index is 13.6. The lowest BCUT2D eigenvalue weighted by Gasteiger charge is -2.34. The predicted octanol–water partition coefficient (Wildman–Crippen LogP) is 1.73.